The van der Waals surface area contributed by atoms with Gasteiger partial charge >= 0.3 is 0 Å². The first-order valence-corrected chi connectivity index (χ1v) is 5.10. The smallest absolute Gasteiger partial charge is 0.269 e. The van der Waals surface area contributed by atoms with Crippen LogP contribution in [0.1, 0.15) is 27.6 Å². The van der Waals surface area contributed by atoms with Gasteiger partial charge in [-0.05, 0) is 13.0 Å². The van der Waals surface area contributed by atoms with E-state index in [1.165, 1.54) is 12.1 Å². The largest absolute Gasteiger partial charge is 0.270 e. The number of fused-ring (bicyclic) bond motifs is 1. The van der Waals surface area contributed by atoms with Gasteiger partial charge in [-0.2, -0.15) is 0 Å². The van der Waals surface area contributed by atoms with E-state index in [0.29, 0.717) is 0 Å². The second-order valence-electron chi connectivity index (χ2n) is 3.61. The Morgan fingerprint density at radius 2 is 1.94 bits per heavy atom. The molecular weight excluding hydrogens is 236 g/mol. The summed E-state index contributed by atoms with van der Waals surface area (Å²) in [6.07, 6.45) is 0. The maximum atomic E-state index is 11.9. The molecule has 18 heavy (non-hydrogen) atoms. The van der Waals surface area contributed by atoms with E-state index in [1.807, 2.05) is 0 Å². The quantitative estimate of drug-likeness (QED) is 0.339. The number of imide groups is 1. The molecule has 0 fully saturated rings. The average molecular weight is 244 g/mol. The summed E-state index contributed by atoms with van der Waals surface area (Å²) in [4.78, 5) is 34.8. The van der Waals surface area contributed by atoms with Gasteiger partial charge in [-0.15, -0.1) is 5.92 Å². The molecule has 1 aromatic carbocycles. The monoisotopic (exact) mass is 244 g/mol. The minimum atomic E-state index is -0.605. The van der Waals surface area contributed by atoms with Crippen molar-refractivity contribution in [1.29, 1.82) is 0 Å². The Morgan fingerprint density at radius 1 is 1.28 bits per heavy atom. The van der Waals surface area contributed by atoms with Gasteiger partial charge < -0.3 is 0 Å². The van der Waals surface area contributed by atoms with Crippen molar-refractivity contribution in [3.63, 3.8) is 0 Å². The van der Waals surface area contributed by atoms with Gasteiger partial charge in [0.2, 0.25) is 0 Å². The standard InChI is InChI=1S/C12H8N2O4/c1-2-3-6-13-11(15)9-5-4-8(14(17)18)7-10(9)12(13)16/h4-5,7H,6H2,1H3. The normalized spacial score (nSPS) is 13.1. The molecule has 1 aliphatic rings. The lowest BCUT2D eigenvalue weighted by atomic mass is 10.1. The second kappa shape index (κ2) is 4.30. The third-order valence-electron chi connectivity index (χ3n) is 2.58. The number of hydrogen-bond donors (Lipinski definition) is 0. The fourth-order valence-corrected chi connectivity index (χ4v) is 1.69. The molecule has 90 valence electrons. The lowest BCUT2D eigenvalue weighted by Crippen LogP contribution is -2.29. The summed E-state index contributed by atoms with van der Waals surface area (Å²) in [5, 5.41) is 10.6. The molecule has 0 radical (unpaired) electrons. The van der Waals surface area contributed by atoms with Crippen LogP contribution in [0, 0.1) is 22.0 Å². The van der Waals surface area contributed by atoms with E-state index in [1.54, 1.807) is 6.92 Å². The van der Waals surface area contributed by atoms with Gasteiger partial charge in [-0.3, -0.25) is 24.6 Å². The van der Waals surface area contributed by atoms with Crippen LogP contribution in [-0.4, -0.2) is 28.2 Å². The first-order chi connectivity index (χ1) is 8.56. The van der Waals surface area contributed by atoms with Crippen molar-refractivity contribution in [1.82, 2.24) is 4.90 Å². The molecular formula is C12H8N2O4. The third-order valence-corrected chi connectivity index (χ3v) is 2.58. The second-order valence-corrected chi connectivity index (χ2v) is 3.61. The Balaban J connectivity index is 2.44. The molecule has 6 heteroatoms. The number of nitro groups is 1. The van der Waals surface area contributed by atoms with Crippen molar-refractivity contribution in [3.8, 4) is 11.8 Å². The van der Waals surface area contributed by atoms with Gasteiger partial charge in [0.25, 0.3) is 17.5 Å². The number of nitrogens with zero attached hydrogens (tertiary/aromatic N) is 2. The minimum absolute atomic E-state index is 0.00333. The van der Waals surface area contributed by atoms with E-state index in [2.05, 4.69) is 11.8 Å². The molecule has 2 rings (SSSR count). The summed E-state index contributed by atoms with van der Waals surface area (Å²) in [5.74, 6) is 4.21. The summed E-state index contributed by atoms with van der Waals surface area (Å²) in [7, 11) is 0. The summed E-state index contributed by atoms with van der Waals surface area (Å²) in [6, 6.07) is 3.63. The molecule has 6 nitrogen and oxygen atoms in total. The van der Waals surface area contributed by atoms with Gasteiger partial charge in [-0.25, -0.2) is 0 Å². The molecule has 0 saturated carbocycles. The lowest BCUT2D eigenvalue weighted by Gasteiger charge is -2.08. The molecule has 1 aromatic rings. The average Bonchev–Trinajstić information content (AvgIpc) is 2.59. The molecule has 0 aliphatic carbocycles. The summed E-state index contributed by atoms with van der Waals surface area (Å²) >= 11 is 0. The molecule has 0 N–H and O–H groups in total. The van der Waals surface area contributed by atoms with E-state index >= 15 is 0 Å². The number of amides is 2. The van der Waals surface area contributed by atoms with Gasteiger partial charge in [0.15, 0.2) is 0 Å². The van der Waals surface area contributed by atoms with Crippen molar-refractivity contribution >= 4 is 17.5 Å². The number of carbonyl (C=O) groups excluding carboxylic acids is 2. The number of rotatable bonds is 2. The van der Waals surface area contributed by atoms with Crippen molar-refractivity contribution < 1.29 is 14.5 Å². The van der Waals surface area contributed by atoms with Crippen LogP contribution in [0.2, 0.25) is 0 Å². The van der Waals surface area contributed by atoms with Crippen LogP contribution in [0.15, 0.2) is 18.2 Å². The molecule has 2 amide bonds. The minimum Gasteiger partial charge on any atom is -0.269 e. The fraction of sp³-hybridized carbons (Fsp3) is 0.167. The number of nitro benzene ring substituents is 1. The molecule has 0 bridgehead atoms. The van der Waals surface area contributed by atoms with Gasteiger partial charge in [-0.1, -0.05) is 5.92 Å². The van der Waals surface area contributed by atoms with Crippen molar-refractivity contribution in [2.75, 3.05) is 6.54 Å². The van der Waals surface area contributed by atoms with Crippen LogP contribution in [0.4, 0.5) is 5.69 Å². The molecule has 0 atom stereocenters. The highest BCUT2D eigenvalue weighted by atomic mass is 16.6. The maximum Gasteiger partial charge on any atom is 0.270 e. The van der Waals surface area contributed by atoms with E-state index in [4.69, 9.17) is 0 Å². The predicted octanol–water partition coefficient (Wildman–Crippen LogP) is 1.21. The maximum absolute atomic E-state index is 11.9. The fourth-order valence-electron chi connectivity index (χ4n) is 1.69. The van der Waals surface area contributed by atoms with Crippen molar-refractivity contribution in [2.24, 2.45) is 0 Å². The Labute approximate surface area is 102 Å². The van der Waals surface area contributed by atoms with Crippen LogP contribution in [0.25, 0.3) is 0 Å². The van der Waals surface area contributed by atoms with E-state index in [0.717, 1.165) is 11.0 Å². The van der Waals surface area contributed by atoms with Gasteiger partial charge in [0.05, 0.1) is 22.6 Å². The van der Waals surface area contributed by atoms with Gasteiger partial charge in [0.1, 0.15) is 0 Å². The van der Waals surface area contributed by atoms with Crippen molar-refractivity contribution in [2.45, 2.75) is 6.92 Å². The lowest BCUT2D eigenvalue weighted by molar-refractivity contribution is -0.384. The zero-order valence-corrected chi connectivity index (χ0v) is 9.47. The first kappa shape index (κ1) is 11.8. The van der Waals surface area contributed by atoms with E-state index < -0.39 is 16.7 Å². The zero-order chi connectivity index (χ0) is 13.3. The Bertz CT molecular complexity index is 625. The number of benzene rings is 1. The molecule has 1 heterocycles. The highest BCUT2D eigenvalue weighted by Crippen LogP contribution is 2.26. The Morgan fingerprint density at radius 3 is 2.56 bits per heavy atom. The molecule has 0 saturated heterocycles. The van der Waals surface area contributed by atoms with Crippen LogP contribution in [0.5, 0.6) is 0 Å². The first-order valence-electron chi connectivity index (χ1n) is 5.10. The van der Waals surface area contributed by atoms with Crippen LogP contribution in [-0.2, 0) is 0 Å². The SMILES string of the molecule is CC#CCN1C(=O)c2ccc([N+](=O)[O-])cc2C1=O. The highest BCUT2D eigenvalue weighted by Gasteiger charge is 2.36. The highest BCUT2D eigenvalue weighted by molar-refractivity contribution is 6.21. The number of non-ortho nitro benzene ring substituents is 1. The molecule has 1 aliphatic heterocycles. The summed E-state index contributed by atoms with van der Waals surface area (Å²) < 4.78 is 0. The predicted molar refractivity (Wildman–Crippen MR) is 61.9 cm³/mol. The van der Waals surface area contributed by atoms with Crippen LogP contribution < -0.4 is 0 Å². The van der Waals surface area contributed by atoms with Crippen LogP contribution in [0.3, 0.4) is 0 Å². The van der Waals surface area contributed by atoms with E-state index in [9.17, 15) is 19.7 Å². The summed E-state index contributed by atoms with van der Waals surface area (Å²) in [5.41, 5.74) is 0.0360. The Hall–Kier alpha value is -2.68. The zero-order valence-electron chi connectivity index (χ0n) is 9.47. The summed E-state index contributed by atoms with van der Waals surface area (Å²) in [6.45, 7) is 1.60. The van der Waals surface area contributed by atoms with Crippen LogP contribution >= 0.6 is 0 Å². The molecule has 0 unspecified atom stereocenters. The van der Waals surface area contributed by atoms with Gasteiger partial charge in [0, 0.05) is 12.1 Å². The van der Waals surface area contributed by atoms with Crippen molar-refractivity contribution in [3.05, 3.63) is 39.4 Å². The molecule has 0 spiro atoms. The molecule has 0 aromatic heterocycles. The number of carbonyl (C=O) groups is 2. The van der Waals surface area contributed by atoms with E-state index in [-0.39, 0.29) is 23.4 Å². The number of hydrogen-bond acceptors (Lipinski definition) is 4. The third kappa shape index (κ3) is 1.72. The Kier molecular flexibility index (Phi) is 2.81. The topological polar surface area (TPSA) is 80.5 Å².